The van der Waals surface area contributed by atoms with Gasteiger partial charge in [-0.2, -0.15) is 0 Å². The molecule has 0 fully saturated rings. The number of nitrogens with two attached hydrogens (primary N) is 1. The molecule has 19 heavy (non-hydrogen) atoms. The van der Waals surface area contributed by atoms with Crippen LogP contribution in [0.3, 0.4) is 0 Å². The van der Waals surface area contributed by atoms with Crippen molar-refractivity contribution in [3.05, 3.63) is 23.7 Å². The van der Waals surface area contributed by atoms with Crippen LogP contribution in [0.15, 0.2) is 16.5 Å². The average molecular weight is 284 g/mol. The second kappa shape index (κ2) is 8.67. The third-order valence-corrected chi connectivity index (χ3v) is 4.86. The second-order valence-electron chi connectivity index (χ2n) is 4.84. The zero-order valence-corrected chi connectivity index (χ0v) is 13.5. The summed E-state index contributed by atoms with van der Waals surface area (Å²) >= 11 is 1.92. The maximum atomic E-state index is 6.25. The first-order chi connectivity index (χ1) is 9.12. The van der Waals surface area contributed by atoms with Gasteiger partial charge in [0.1, 0.15) is 11.5 Å². The van der Waals surface area contributed by atoms with Gasteiger partial charge in [-0.1, -0.05) is 20.8 Å². The molecule has 4 heteroatoms. The summed E-state index contributed by atoms with van der Waals surface area (Å²) in [6.45, 7) is 11.9. The Hall–Kier alpha value is -0.450. The third-order valence-electron chi connectivity index (χ3n) is 3.50. The molecule has 1 rings (SSSR count). The Kier molecular flexibility index (Phi) is 7.57. The Morgan fingerprint density at radius 2 is 1.95 bits per heavy atom. The molecule has 0 radical (unpaired) electrons. The van der Waals surface area contributed by atoms with Crippen LogP contribution in [0.4, 0.5) is 0 Å². The van der Waals surface area contributed by atoms with Gasteiger partial charge < -0.3 is 15.1 Å². The summed E-state index contributed by atoms with van der Waals surface area (Å²) in [6.07, 6.45) is 0.975. The Labute approximate surface area is 121 Å². The summed E-state index contributed by atoms with van der Waals surface area (Å²) in [5.74, 6) is 3.09. The number of aryl methyl sites for hydroxylation is 1. The molecule has 3 nitrogen and oxygen atoms in total. The van der Waals surface area contributed by atoms with E-state index in [0.717, 1.165) is 43.3 Å². The predicted molar refractivity (Wildman–Crippen MR) is 84.7 cm³/mol. The van der Waals surface area contributed by atoms with E-state index >= 15 is 0 Å². The topological polar surface area (TPSA) is 42.4 Å². The van der Waals surface area contributed by atoms with Crippen LogP contribution in [0.1, 0.15) is 44.0 Å². The number of furan rings is 1. The lowest BCUT2D eigenvalue weighted by Crippen LogP contribution is -2.28. The van der Waals surface area contributed by atoms with Crippen LogP contribution in [0.2, 0.25) is 0 Å². The molecule has 0 saturated carbocycles. The van der Waals surface area contributed by atoms with Gasteiger partial charge in [-0.3, -0.25) is 0 Å². The summed E-state index contributed by atoms with van der Waals surface area (Å²) in [5, 5.41) is 0.272. The minimum Gasteiger partial charge on any atom is -0.465 e. The molecule has 0 aliphatic carbocycles. The van der Waals surface area contributed by atoms with E-state index in [9.17, 15) is 0 Å². The van der Waals surface area contributed by atoms with Crippen molar-refractivity contribution in [1.82, 2.24) is 4.90 Å². The molecule has 0 bridgehead atoms. The van der Waals surface area contributed by atoms with Crippen LogP contribution in [-0.4, -0.2) is 36.3 Å². The van der Waals surface area contributed by atoms with E-state index in [4.69, 9.17) is 10.2 Å². The highest BCUT2D eigenvalue weighted by atomic mass is 32.2. The molecule has 110 valence electrons. The fourth-order valence-corrected chi connectivity index (χ4v) is 3.43. The van der Waals surface area contributed by atoms with Crippen molar-refractivity contribution in [1.29, 1.82) is 0 Å². The van der Waals surface area contributed by atoms with E-state index in [2.05, 4.69) is 31.7 Å². The van der Waals surface area contributed by atoms with E-state index in [1.165, 1.54) is 0 Å². The molecule has 0 aliphatic rings. The molecule has 1 aromatic rings. The molecular formula is C15H28N2OS. The Morgan fingerprint density at radius 1 is 1.26 bits per heavy atom. The van der Waals surface area contributed by atoms with Gasteiger partial charge in [0.2, 0.25) is 0 Å². The van der Waals surface area contributed by atoms with Gasteiger partial charge in [-0.05, 0) is 38.6 Å². The standard InChI is InChI=1S/C15H28N2OS/c1-5-13(16)15(14-9-8-12(4)18-14)19-11-10-17(6-2)7-3/h8-9,13,15H,5-7,10-11,16H2,1-4H3. The first kappa shape index (κ1) is 16.6. The van der Waals surface area contributed by atoms with Crippen LogP contribution < -0.4 is 5.73 Å². The van der Waals surface area contributed by atoms with E-state index in [-0.39, 0.29) is 11.3 Å². The van der Waals surface area contributed by atoms with Crippen LogP contribution in [0.25, 0.3) is 0 Å². The minimum atomic E-state index is 0.159. The molecular weight excluding hydrogens is 256 g/mol. The lowest BCUT2D eigenvalue weighted by atomic mass is 10.1. The van der Waals surface area contributed by atoms with Crippen molar-refractivity contribution in [3.63, 3.8) is 0 Å². The van der Waals surface area contributed by atoms with E-state index in [1.807, 2.05) is 24.8 Å². The summed E-state index contributed by atoms with van der Waals surface area (Å²) in [7, 11) is 0. The molecule has 0 amide bonds. The largest absolute Gasteiger partial charge is 0.465 e. The van der Waals surface area contributed by atoms with Crippen molar-refractivity contribution in [2.24, 2.45) is 5.73 Å². The summed E-state index contributed by atoms with van der Waals surface area (Å²) < 4.78 is 5.76. The van der Waals surface area contributed by atoms with Crippen molar-refractivity contribution in [2.75, 3.05) is 25.4 Å². The fourth-order valence-electron chi connectivity index (χ4n) is 2.09. The van der Waals surface area contributed by atoms with Gasteiger partial charge >= 0.3 is 0 Å². The maximum absolute atomic E-state index is 6.25. The van der Waals surface area contributed by atoms with Gasteiger partial charge in [-0.25, -0.2) is 0 Å². The SMILES string of the molecule is CCC(N)C(SCCN(CC)CC)c1ccc(C)o1. The van der Waals surface area contributed by atoms with Crippen LogP contribution in [-0.2, 0) is 0 Å². The second-order valence-corrected chi connectivity index (χ2v) is 6.09. The molecule has 2 unspecified atom stereocenters. The van der Waals surface area contributed by atoms with Crippen molar-refractivity contribution in [3.8, 4) is 0 Å². The molecule has 0 saturated heterocycles. The smallest absolute Gasteiger partial charge is 0.118 e. The molecule has 0 aromatic carbocycles. The van der Waals surface area contributed by atoms with Gasteiger partial charge in [0.15, 0.2) is 0 Å². The van der Waals surface area contributed by atoms with Crippen LogP contribution in [0.5, 0.6) is 0 Å². The first-order valence-electron chi connectivity index (χ1n) is 7.28. The average Bonchev–Trinajstić information content (AvgIpc) is 2.84. The Balaban J connectivity index is 2.56. The summed E-state index contributed by atoms with van der Waals surface area (Å²) in [6, 6.07) is 4.25. The molecule has 0 aliphatic heterocycles. The molecule has 2 N–H and O–H groups in total. The molecule has 2 atom stereocenters. The monoisotopic (exact) mass is 284 g/mol. The minimum absolute atomic E-state index is 0.159. The highest BCUT2D eigenvalue weighted by molar-refractivity contribution is 7.99. The highest BCUT2D eigenvalue weighted by Crippen LogP contribution is 2.33. The number of nitrogens with zero attached hydrogens (tertiary/aromatic N) is 1. The lowest BCUT2D eigenvalue weighted by molar-refractivity contribution is 0.323. The quantitative estimate of drug-likeness (QED) is 0.754. The number of hydrogen-bond acceptors (Lipinski definition) is 4. The molecule has 0 spiro atoms. The van der Waals surface area contributed by atoms with Gasteiger partial charge in [0.05, 0.1) is 5.25 Å². The molecule has 1 aromatic heterocycles. The predicted octanol–water partition coefficient (Wildman–Crippen LogP) is 3.44. The maximum Gasteiger partial charge on any atom is 0.118 e. The third kappa shape index (κ3) is 5.21. The van der Waals surface area contributed by atoms with E-state index in [0.29, 0.717) is 0 Å². The Morgan fingerprint density at radius 3 is 2.42 bits per heavy atom. The zero-order valence-electron chi connectivity index (χ0n) is 12.7. The number of thioether (sulfide) groups is 1. The van der Waals surface area contributed by atoms with Crippen LogP contribution in [0, 0.1) is 6.92 Å². The normalized spacial score (nSPS) is 14.8. The molecule has 1 heterocycles. The van der Waals surface area contributed by atoms with E-state index < -0.39 is 0 Å². The van der Waals surface area contributed by atoms with Crippen molar-refractivity contribution >= 4 is 11.8 Å². The summed E-state index contributed by atoms with van der Waals surface area (Å²) in [5.41, 5.74) is 6.25. The van der Waals surface area contributed by atoms with Gasteiger partial charge in [-0.15, -0.1) is 11.8 Å². The fraction of sp³-hybridized carbons (Fsp3) is 0.733. The Bertz CT molecular complexity index is 350. The van der Waals surface area contributed by atoms with Crippen molar-refractivity contribution < 1.29 is 4.42 Å². The highest BCUT2D eigenvalue weighted by Gasteiger charge is 2.22. The van der Waals surface area contributed by atoms with Gasteiger partial charge in [0.25, 0.3) is 0 Å². The number of hydrogen-bond donors (Lipinski definition) is 1. The summed E-state index contributed by atoms with van der Waals surface area (Å²) in [4.78, 5) is 2.44. The van der Waals surface area contributed by atoms with Crippen LogP contribution >= 0.6 is 11.8 Å². The van der Waals surface area contributed by atoms with Gasteiger partial charge in [0, 0.05) is 18.3 Å². The van der Waals surface area contributed by atoms with Crippen molar-refractivity contribution in [2.45, 2.75) is 45.4 Å². The first-order valence-corrected chi connectivity index (χ1v) is 8.33. The zero-order chi connectivity index (χ0) is 14.3. The van der Waals surface area contributed by atoms with E-state index in [1.54, 1.807) is 0 Å². The number of rotatable bonds is 9. The lowest BCUT2D eigenvalue weighted by Gasteiger charge is -2.23.